The number of fused-ring (bicyclic) bond motifs is 1. The van der Waals surface area contributed by atoms with Crippen LogP contribution in [0, 0.1) is 6.92 Å². The fraction of sp³-hybridized carbons (Fsp3) is 0.143. The van der Waals surface area contributed by atoms with E-state index in [1.54, 1.807) is 13.3 Å². The molecule has 0 fully saturated rings. The first-order valence-corrected chi connectivity index (χ1v) is 8.64. The first kappa shape index (κ1) is 16.9. The lowest BCUT2D eigenvalue weighted by atomic mass is 10.2. The Balaban J connectivity index is 1.60. The molecule has 0 amide bonds. The molecule has 0 aliphatic carbocycles. The average Bonchev–Trinajstić information content (AvgIpc) is 3.09. The number of hydrogen-bond donors (Lipinski definition) is 0. The van der Waals surface area contributed by atoms with Crippen molar-refractivity contribution >= 4 is 23.3 Å². The highest BCUT2D eigenvalue weighted by Gasteiger charge is 2.06. The Hall–Kier alpha value is -3.54. The molecule has 3 heterocycles. The molecule has 6 nitrogen and oxygen atoms in total. The SMILES string of the molecule is COc1ccc(Cn2cnc3ccc(/C=C/c4nccc(C)n4)nc32)cc1. The van der Waals surface area contributed by atoms with Crippen LogP contribution in [0.4, 0.5) is 0 Å². The van der Waals surface area contributed by atoms with Crippen molar-refractivity contribution in [1.82, 2.24) is 24.5 Å². The standard InChI is InChI=1S/C21H19N5O/c1-15-11-12-22-20(24-15)10-6-17-5-9-19-21(25-17)26(14-23-19)13-16-3-7-18(27-2)8-4-16/h3-12,14H,13H2,1-2H3/b10-6+. The van der Waals surface area contributed by atoms with Gasteiger partial charge in [-0.25, -0.2) is 19.9 Å². The number of nitrogens with zero attached hydrogens (tertiary/aromatic N) is 5. The number of aromatic nitrogens is 5. The van der Waals surface area contributed by atoms with Gasteiger partial charge in [-0.3, -0.25) is 0 Å². The molecule has 27 heavy (non-hydrogen) atoms. The van der Waals surface area contributed by atoms with Crippen LogP contribution >= 0.6 is 0 Å². The van der Waals surface area contributed by atoms with Gasteiger partial charge in [0, 0.05) is 11.9 Å². The van der Waals surface area contributed by atoms with E-state index >= 15 is 0 Å². The van der Waals surface area contributed by atoms with Gasteiger partial charge in [0.2, 0.25) is 0 Å². The predicted molar refractivity (Wildman–Crippen MR) is 105 cm³/mol. The van der Waals surface area contributed by atoms with E-state index in [1.165, 1.54) is 0 Å². The Morgan fingerprint density at radius 2 is 1.81 bits per heavy atom. The first-order valence-electron chi connectivity index (χ1n) is 8.64. The molecule has 0 aliphatic heterocycles. The number of hydrogen-bond acceptors (Lipinski definition) is 5. The maximum absolute atomic E-state index is 5.21. The van der Waals surface area contributed by atoms with Crippen molar-refractivity contribution in [2.24, 2.45) is 0 Å². The van der Waals surface area contributed by atoms with E-state index in [4.69, 9.17) is 9.72 Å². The van der Waals surface area contributed by atoms with Crippen LogP contribution in [-0.2, 0) is 6.54 Å². The second-order valence-corrected chi connectivity index (χ2v) is 6.19. The summed E-state index contributed by atoms with van der Waals surface area (Å²) in [5.74, 6) is 1.52. The number of ether oxygens (including phenoxy) is 1. The van der Waals surface area contributed by atoms with Gasteiger partial charge in [0.25, 0.3) is 0 Å². The summed E-state index contributed by atoms with van der Waals surface area (Å²) in [7, 11) is 1.67. The largest absolute Gasteiger partial charge is 0.497 e. The molecule has 0 atom stereocenters. The minimum Gasteiger partial charge on any atom is -0.497 e. The highest BCUT2D eigenvalue weighted by Crippen LogP contribution is 2.16. The molecular formula is C21H19N5O. The smallest absolute Gasteiger partial charge is 0.160 e. The summed E-state index contributed by atoms with van der Waals surface area (Å²) in [5.41, 5.74) is 4.64. The molecule has 0 unspecified atom stereocenters. The molecule has 1 aromatic carbocycles. The Bertz CT molecular complexity index is 1100. The summed E-state index contributed by atoms with van der Waals surface area (Å²) >= 11 is 0. The summed E-state index contributed by atoms with van der Waals surface area (Å²) in [5, 5.41) is 0. The van der Waals surface area contributed by atoms with Gasteiger partial charge < -0.3 is 9.30 Å². The molecule has 0 N–H and O–H groups in total. The minimum absolute atomic E-state index is 0.670. The quantitative estimate of drug-likeness (QED) is 0.544. The van der Waals surface area contributed by atoms with Crippen molar-refractivity contribution in [3.63, 3.8) is 0 Å². The summed E-state index contributed by atoms with van der Waals surface area (Å²) < 4.78 is 7.25. The fourth-order valence-corrected chi connectivity index (χ4v) is 2.80. The molecule has 0 radical (unpaired) electrons. The molecule has 4 rings (SSSR count). The van der Waals surface area contributed by atoms with E-state index in [9.17, 15) is 0 Å². The lowest BCUT2D eigenvalue weighted by Gasteiger charge is -2.06. The van der Waals surface area contributed by atoms with Crippen molar-refractivity contribution in [3.8, 4) is 5.75 Å². The summed E-state index contributed by atoms with van der Waals surface area (Å²) in [6.45, 7) is 2.64. The summed E-state index contributed by atoms with van der Waals surface area (Å²) in [4.78, 5) is 17.8. The highest BCUT2D eigenvalue weighted by molar-refractivity contribution is 5.74. The number of rotatable bonds is 5. The summed E-state index contributed by atoms with van der Waals surface area (Å²) in [6, 6.07) is 13.8. The Morgan fingerprint density at radius 1 is 0.963 bits per heavy atom. The van der Waals surface area contributed by atoms with Gasteiger partial charge in [0.15, 0.2) is 11.5 Å². The van der Waals surface area contributed by atoms with Crippen LogP contribution < -0.4 is 4.74 Å². The molecule has 0 aliphatic rings. The maximum atomic E-state index is 5.21. The fourth-order valence-electron chi connectivity index (χ4n) is 2.80. The van der Waals surface area contributed by atoms with Crippen LogP contribution in [0.2, 0.25) is 0 Å². The van der Waals surface area contributed by atoms with Crippen LogP contribution in [0.5, 0.6) is 5.75 Å². The van der Waals surface area contributed by atoms with Crippen molar-refractivity contribution < 1.29 is 4.74 Å². The Morgan fingerprint density at radius 3 is 2.59 bits per heavy atom. The van der Waals surface area contributed by atoms with Crippen LogP contribution in [0.15, 0.2) is 55.0 Å². The van der Waals surface area contributed by atoms with Crippen molar-refractivity contribution in [2.75, 3.05) is 7.11 Å². The van der Waals surface area contributed by atoms with Gasteiger partial charge in [0.1, 0.15) is 11.3 Å². The number of benzene rings is 1. The lowest BCUT2D eigenvalue weighted by Crippen LogP contribution is -2.00. The van der Waals surface area contributed by atoms with E-state index in [1.807, 2.05) is 72.4 Å². The molecule has 0 saturated heterocycles. The molecule has 0 bridgehead atoms. The molecular weight excluding hydrogens is 338 g/mol. The van der Waals surface area contributed by atoms with Crippen molar-refractivity contribution in [2.45, 2.75) is 13.5 Å². The lowest BCUT2D eigenvalue weighted by molar-refractivity contribution is 0.414. The maximum Gasteiger partial charge on any atom is 0.160 e. The van der Waals surface area contributed by atoms with Gasteiger partial charge in [-0.1, -0.05) is 12.1 Å². The molecule has 3 aromatic heterocycles. The Labute approximate surface area is 157 Å². The third kappa shape index (κ3) is 3.84. The van der Waals surface area contributed by atoms with Crippen LogP contribution in [-0.4, -0.2) is 31.6 Å². The monoisotopic (exact) mass is 357 g/mol. The molecule has 0 spiro atoms. The number of aryl methyl sites for hydroxylation is 1. The van der Waals surface area contributed by atoms with Crippen LogP contribution in [0.3, 0.4) is 0 Å². The molecule has 4 aromatic rings. The molecule has 0 saturated carbocycles. The van der Waals surface area contributed by atoms with Gasteiger partial charge in [-0.15, -0.1) is 0 Å². The van der Waals surface area contributed by atoms with E-state index in [0.29, 0.717) is 12.4 Å². The zero-order chi connectivity index (χ0) is 18.6. The normalized spacial score (nSPS) is 11.3. The minimum atomic E-state index is 0.670. The third-order valence-corrected chi connectivity index (χ3v) is 4.21. The number of methoxy groups -OCH3 is 1. The van der Waals surface area contributed by atoms with E-state index in [0.717, 1.165) is 33.9 Å². The van der Waals surface area contributed by atoms with Crippen molar-refractivity contribution in [1.29, 1.82) is 0 Å². The van der Waals surface area contributed by atoms with Crippen LogP contribution in [0.1, 0.15) is 22.8 Å². The zero-order valence-electron chi connectivity index (χ0n) is 15.2. The average molecular weight is 357 g/mol. The second-order valence-electron chi connectivity index (χ2n) is 6.19. The van der Waals surface area contributed by atoms with Gasteiger partial charge >= 0.3 is 0 Å². The zero-order valence-corrected chi connectivity index (χ0v) is 15.2. The van der Waals surface area contributed by atoms with E-state index < -0.39 is 0 Å². The predicted octanol–water partition coefficient (Wildman–Crippen LogP) is 3.76. The highest BCUT2D eigenvalue weighted by atomic mass is 16.5. The molecule has 6 heteroatoms. The topological polar surface area (TPSA) is 65.7 Å². The van der Waals surface area contributed by atoms with Gasteiger partial charge in [-0.2, -0.15) is 0 Å². The first-order chi connectivity index (χ1) is 13.2. The van der Waals surface area contributed by atoms with Crippen LogP contribution in [0.25, 0.3) is 23.3 Å². The Kier molecular flexibility index (Phi) is 4.61. The molecule has 134 valence electrons. The number of pyridine rings is 1. The van der Waals surface area contributed by atoms with Gasteiger partial charge in [-0.05, 0) is 55.0 Å². The van der Waals surface area contributed by atoms with Crippen molar-refractivity contribution in [3.05, 3.63) is 77.8 Å². The van der Waals surface area contributed by atoms with Gasteiger partial charge in [0.05, 0.1) is 25.7 Å². The third-order valence-electron chi connectivity index (χ3n) is 4.21. The van der Waals surface area contributed by atoms with E-state index in [-0.39, 0.29) is 0 Å². The summed E-state index contributed by atoms with van der Waals surface area (Å²) in [6.07, 6.45) is 7.35. The second kappa shape index (κ2) is 7.37. The number of imidazole rings is 1. The van der Waals surface area contributed by atoms with E-state index in [2.05, 4.69) is 15.0 Å².